The highest BCUT2D eigenvalue weighted by atomic mass is 35.5. The molecular formula is C8H8ClFO2. The van der Waals surface area contributed by atoms with Gasteiger partial charge in [-0.3, -0.25) is 0 Å². The molecule has 0 heterocycles. The molecule has 0 aromatic heterocycles. The van der Waals surface area contributed by atoms with E-state index in [9.17, 15) is 4.39 Å². The summed E-state index contributed by atoms with van der Waals surface area (Å²) in [5, 5.41) is 0.243. The van der Waals surface area contributed by atoms with Crippen LogP contribution in [0, 0.1) is 5.82 Å². The Balaban J connectivity index is 2.81. The Bertz CT molecular complexity index is 245. The quantitative estimate of drug-likeness (QED) is 0.682. The van der Waals surface area contributed by atoms with Gasteiger partial charge < -0.3 is 9.47 Å². The number of hydrogen-bond donors (Lipinski definition) is 0. The Hall–Kier alpha value is -0.800. The monoisotopic (exact) mass is 190 g/mol. The van der Waals surface area contributed by atoms with Crippen LogP contribution in [0.5, 0.6) is 5.75 Å². The number of para-hydroxylation sites is 1. The Morgan fingerprint density at radius 3 is 2.83 bits per heavy atom. The first-order valence-electron chi connectivity index (χ1n) is 3.31. The normalized spacial score (nSPS) is 9.92. The van der Waals surface area contributed by atoms with Gasteiger partial charge in [0.2, 0.25) is 0 Å². The van der Waals surface area contributed by atoms with Gasteiger partial charge in [-0.1, -0.05) is 17.7 Å². The van der Waals surface area contributed by atoms with Crippen molar-refractivity contribution in [3.63, 3.8) is 0 Å². The Kier molecular flexibility index (Phi) is 3.31. The molecule has 0 saturated carbocycles. The first-order valence-corrected chi connectivity index (χ1v) is 3.69. The molecule has 0 N–H and O–H groups in total. The molecule has 2 nitrogen and oxygen atoms in total. The molecule has 0 bridgehead atoms. The molecule has 0 aliphatic heterocycles. The third-order valence-corrected chi connectivity index (χ3v) is 1.54. The van der Waals surface area contributed by atoms with Crippen molar-refractivity contribution < 1.29 is 13.9 Å². The van der Waals surface area contributed by atoms with Gasteiger partial charge in [-0.25, -0.2) is 4.39 Å². The fraction of sp³-hybridized carbons (Fsp3) is 0.250. The van der Waals surface area contributed by atoms with E-state index in [1.165, 1.54) is 19.2 Å². The van der Waals surface area contributed by atoms with E-state index in [0.29, 0.717) is 0 Å². The lowest BCUT2D eigenvalue weighted by atomic mass is 10.3. The number of ether oxygens (including phenoxy) is 2. The van der Waals surface area contributed by atoms with Gasteiger partial charge in [0.1, 0.15) is 0 Å². The smallest absolute Gasteiger partial charge is 0.188 e. The summed E-state index contributed by atoms with van der Waals surface area (Å²) in [5.41, 5.74) is 0. The van der Waals surface area contributed by atoms with Crippen LogP contribution in [0.3, 0.4) is 0 Å². The lowest BCUT2D eigenvalue weighted by Crippen LogP contribution is -2.00. The van der Waals surface area contributed by atoms with Gasteiger partial charge in [0, 0.05) is 7.11 Å². The van der Waals surface area contributed by atoms with Crippen molar-refractivity contribution in [3.05, 3.63) is 29.0 Å². The van der Waals surface area contributed by atoms with E-state index in [1.807, 2.05) is 0 Å². The average Bonchev–Trinajstić information content (AvgIpc) is 2.04. The molecule has 0 aliphatic rings. The van der Waals surface area contributed by atoms with E-state index in [0.717, 1.165) is 0 Å². The van der Waals surface area contributed by atoms with Crippen molar-refractivity contribution in [1.29, 1.82) is 0 Å². The molecule has 1 rings (SSSR count). The molecule has 0 unspecified atom stereocenters. The fourth-order valence-electron chi connectivity index (χ4n) is 0.738. The summed E-state index contributed by atoms with van der Waals surface area (Å²) in [7, 11) is 1.45. The van der Waals surface area contributed by atoms with Crippen LogP contribution < -0.4 is 4.74 Å². The van der Waals surface area contributed by atoms with Gasteiger partial charge in [-0.15, -0.1) is 0 Å². The molecule has 0 saturated heterocycles. The van der Waals surface area contributed by atoms with E-state index in [1.54, 1.807) is 6.07 Å². The molecule has 0 spiro atoms. The van der Waals surface area contributed by atoms with Gasteiger partial charge >= 0.3 is 0 Å². The number of halogens is 2. The topological polar surface area (TPSA) is 18.5 Å². The summed E-state index contributed by atoms with van der Waals surface area (Å²) in [6.45, 7) is -0.0132. The zero-order valence-corrected chi connectivity index (χ0v) is 7.27. The van der Waals surface area contributed by atoms with Gasteiger partial charge in [0.15, 0.2) is 18.4 Å². The van der Waals surface area contributed by atoms with Crippen molar-refractivity contribution in [2.45, 2.75) is 0 Å². The first-order chi connectivity index (χ1) is 5.75. The van der Waals surface area contributed by atoms with Crippen LogP contribution in [-0.2, 0) is 4.74 Å². The lowest BCUT2D eigenvalue weighted by Gasteiger charge is -2.06. The minimum atomic E-state index is -0.487. The fourth-order valence-corrected chi connectivity index (χ4v) is 0.956. The maximum absolute atomic E-state index is 12.9. The molecule has 1 aromatic rings. The highest BCUT2D eigenvalue weighted by Gasteiger charge is 2.06. The van der Waals surface area contributed by atoms with E-state index in [4.69, 9.17) is 16.3 Å². The van der Waals surface area contributed by atoms with Gasteiger partial charge in [-0.05, 0) is 12.1 Å². The molecule has 4 heteroatoms. The van der Waals surface area contributed by atoms with E-state index >= 15 is 0 Å². The van der Waals surface area contributed by atoms with Gasteiger partial charge in [0.05, 0.1) is 5.02 Å². The van der Waals surface area contributed by atoms with Crippen molar-refractivity contribution in [2.75, 3.05) is 13.9 Å². The van der Waals surface area contributed by atoms with Crippen molar-refractivity contribution >= 4 is 11.6 Å². The molecule has 66 valence electrons. The highest BCUT2D eigenvalue weighted by molar-refractivity contribution is 6.32. The minimum Gasteiger partial charge on any atom is -0.463 e. The first kappa shape index (κ1) is 9.29. The summed E-state index contributed by atoms with van der Waals surface area (Å²) >= 11 is 5.64. The van der Waals surface area contributed by atoms with Crippen LogP contribution in [0.4, 0.5) is 4.39 Å². The second kappa shape index (κ2) is 4.28. The molecule has 0 fully saturated rings. The van der Waals surface area contributed by atoms with Crippen molar-refractivity contribution in [3.8, 4) is 5.75 Å². The van der Waals surface area contributed by atoms with E-state index < -0.39 is 5.82 Å². The summed E-state index contributed by atoms with van der Waals surface area (Å²) in [5.74, 6) is -0.458. The largest absolute Gasteiger partial charge is 0.463 e. The van der Waals surface area contributed by atoms with Crippen LogP contribution in [0.1, 0.15) is 0 Å². The number of hydrogen-bond acceptors (Lipinski definition) is 2. The van der Waals surface area contributed by atoms with Crippen LogP contribution in [-0.4, -0.2) is 13.9 Å². The summed E-state index contributed by atoms with van der Waals surface area (Å²) in [4.78, 5) is 0. The van der Waals surface area contributed by atoms with Gasteiger partial charge in [-0.2, -0.15) is 0 Å². The molecule has 1 aromatic carbocycles. The van der Waals surface area contributed by atoms with Crippen molar-refractivity contribution in [2.24, 2.45) is 0 Å². The predicted octanol–water partition coefficient (Wildman–Crippen LogP) is 2.46. The zero-order chi connectivity index (χ0) is 8.97. The number of methoxy groups -OCH3 is 1. The predicted molar refractivity (Wildman–Crippen MR) is 43.9 cm³/mol. The van der Waals surface area contributed by atoms with Crippen LogP contribution >= 0.6 is 11.6 Å². The molecule has 0 amide bonds. The summed E-state index contributed by atoms with van der Waals surface area (Å²) in [6, 6.07) is 4.34. The summed E-state index contributed by atoms with van der Waals surface area (Å²) < 4.78 is 22.4. The average molecular weight is 191 g/mol. The molecule has 0 radical (unpaired) electrons. The van der Waals surface area contributed by atoms with Gasteiger partial charge in [0.25, 0.3) is 0 Å². The molecular weight excluding hydrogens is 183 g/mol. The number of benzene rings is 1. The Morgan fingerprint density at radius 2 is 2.25 bits per heavy atom. The second-order valence-corrected chi connectivity index (χ2v) is 2.51. The third kappa shape index (κ3) is 2.09. The zero-order valence-electron chi connectivity index (χ0n) is 6.51. The summed E-state index contributed by atoms with van der Waals surface area (Å²) in [6.07, 6.45) is 0. The Labute approximate surface area is 74.9 Å². The Morgan fingerprint density at radius 1 is 1.50 bits per heavy atom. The lowest BCUT2D eigenvalue weighted by molar-refractivity contribution is 0.0483. The van der Waals surface area contributed by atoms with E-state index in [-0.39, 0.29) is 17.6 Å². The maximum atomic E-state index is 12.9. The number of rotatable bonds is 3. The van der Waals surface area contributed by atoms with Crippen LogP contribution in [0.25, 0.3) is 0 Å². The van der Waals surface area contributed by atoms with Crippen molar-refractivity contribution in [1.82, 2.24) is 0 Å². The third-order valence-electron chi connectivity index (χ3n) is 1.24. The standard InChI is InChI=1S/C8H8ClFO2/c1-11-5-12-8-6(9)3-2-4-7(8)10/h2-4H,5H2,1H3. The molecule has 0 atom stereocenters. The van der Waals surface area contributed by atoms with Crippen LogP contribution in [0.2, 0.25) is 5.02 Å². The SMILES string of the molecule is COCOc1c(F)cccc1Cl. The maximum Gasteiger partial charge on any atom is 0.188 e. The highest BCUT2D eigenvalue weighted by Crippen LogP contribution is 2.26. The second-order valence-electron chi connectivity index (χ2n) is 2.10. The van der Waals surface area contributed by atoms with E-state index in [2.05, 4.69) is 4.74 Å². The molecule has 12 heavy (non-hydrogen) atoms. The van der Waals surface area contributed by atoms with Crippen LogP contribution in [0.15, 0.2) is 18.2 Å². The minimum absolute atomic E-state index is 0.0132. The molecule has 0 aliphatic carbocycles.